The molecule has 1 aromatic carbocycles. The van der Waals surface area contributed by atoms with E-state index in [1.54, 1.807) is 12.1 Å². The van der Waals surface area contributed by atoms with Gasteiger partial charge in [0.15, 0.2) is 0 Å². The number of amides is 1. The number of hydrogen-bond acceptors (Lipinski definition) is 3. The lowest BCUT2D eigenvalue weighted by Gasteiger charge is -2.07. The number of aromatic carboxylic acids is 1. The minimum Gasteiger partial charge on any atom is -0.478 e. The highest BCUT2D eigenvalue weighted by atomic mass is 19.1. The van der Waals surface area contributed by atoms with Crippen molar-refractivity contribution in [1.82, 2.24) is 4.98 Å². The summed E-state index contributed by atoms with van der Waals surface area (Å²) in [5.41, 5.74) is 0.130. The third-order valence-electron chi connectivity index (χ3n) is 2.37. The van der Waals surface area contributed by atoms with Crippen molar-refractivity contribution < 1.29 is 19.1 Å². The van der Waals surface area contributed by atoms with Crippen LogP contribution in [0.5, 0.6) is 0 Å². The SMILES string of the molecule is O=C(Nc1ccccc1C(=O)O)c1ccc(F)cn1. The van der Waals surface area contributed by atoms with Crippen molar-refractivity contribution in [3.05, 3.63) is 59.7 Å². The maximum atomic E-state index is 12.7. The largest absolute Gasteiger partial charge is 0.478 e. The fourth-order valence-corrected chi connectivity index (χ4v) is 1.48. The predicted molar refractivity (Wildman–Crippen MR) is 65.5 cm³/mol. The van der Waals surface area contributed by atoms with E-state index >= 15 is 0 Å². The van der Waals surface area contributed by atoms with Gasteiger partial charge in [-0.05, 0) is 24.3 Å². The summed E-state index contributed by atoms with van der Waals surface area (Å²) in [7, 11) is 0. The summed E-state index contributed by atoms with van der Waals surface area (Å²) in [4.78, 5) is 26.4. The molecule has 2 aromatic rings. The molecule has 0 saturated carbocycles. The Morgan fingerprint density at radius 2 is 1.89 bits per heavy atom. The van der Waals surface area contributed by atoms with E-state index in [0.717, 1.165) is 12.3 Å². The second-order valence-electron chi connectivity index (χ2n) is 3.67. The Labute approximate surface area is 107 Å². The molecule has 0 aliphatic carbocycles. The minimum absolute atomic E-state index is 0.00147. The van der Waals surface area contributed by atoms with Crippen molar-refractivity contribution in [1.29, 1.82) is 0 Å². The Hall–Kier alpha value is -2.76. The van der Waals surface area contributed by atoms with Crippen LogP contribution < -0.4 is 5.32 Å². The lowest BCUT2D eigenvalue weighted by atomic mass is 10.1. The first-order valence-electron chi connectivity index (χ1n) is 5.33. The summed E-state index contributed by atoms with van der Waals surface area (Å²) >= 11 is 0. The van der Waals surface area contributed by atoms with Crippen LogP contribution in [0.4, 0.5) is 10.1 Å². The van der Waals surface area contributed by atoms with Gasteiger partial charge in [0.05, 0.1) is 17.4 Å². The van der Waals surface area contributed by atoms with Crippen molar-refractivity contribution in [2.75, 3.05) is 5.32 Å². The number of anilines is 1. The van der Waals surface area contributed by atoms with Crippen LogP contribution in [-0.2, 0) is 0 Å². The lowest BCUT2D eigenvalue weighted by Crippen LogP contribution is -2.16. The van der Waals surface area contributed by atoms with E-state index in [4.69, 9.17) is 5.11 Å². The standard InChI is InChI=1S/C13H9FN2O3/c14-8-5-6-11(15-7-8)12(17)16-10-4-2-1-3-9(10)13(18)19/h1-7H,(H,16,17)(H,18,19). The van der Waals surface area contributed by atoms with Gasteiger partial charge < -0.3 is 10.4 Å². The fourth-order valence-electron chi connectivity index (χ4n) is 1.48. The number of para-hydroxylation sites is 1. The molecule has 2 rings (SSSR count). The molecular formula is C13H9FN2O3. The second-order valence-corrected chi connectivity index (χ2v) is 3.67. The Kier molecular flexibility index (Phi) is 3.51. The minimum atomic E-state index is -1.15. The molecule has 0 saturated heterocycles. The Morgan fingerprint density at radius 1 is 1.16 bits per heavy atom. The Bertz CT molecular complexity index is 626. The van der Waals surface area contributed by atoms with Crippen LogP contribution in [0, 0.1) is 5.82 Å². The summed E-state index contributed by atoms with van der Waals surface area (Å²) in [6, 6.07) is 8.30. The molecule has 6 heteroatoms. The highest BCUT2D eigenvalue weighted by Crippen LogP contribution is 2.15. The summed E-state index contributed by atoms with van der Waals surface area (Å²) in [5, 5.41) is 11.4. The summed E-state index contributed by atoms with van der Waals surface area (Å²) < 4.78 is 12.7. The van der Waals surface area contributed by atoms with Crippen LogP contribution in [0.25, 0.3) is 0 Å². The van der Waals surface area contributed by atoms with E-state index in [0.29, 0.717) is 0 Å². The Balaban J connectivity index is 2.24. The first-order valence-corrected chi connectivity index (χ1v) is 5.33. The second kappa shape index (κ2) is 5.26. The number of halogens is 1. The molecule has 0 bridgehead atoms. The van der Waals surface area contributed by atoms with Crippen molar-refractivity contribution >= 4 is 17.6 Å². The summed E-state index contributed by atoms with van der Waals surface area (Å²) in [6.07, 6.45) is 0.915. The highest BCUT2D eigenvalue weighted by Gasteiger charge is 2.13. The van der Waals surface area contributed by atoms with Crippen molar-refractivity contribution in [2.45, 2.75) is 0 Å². The number of pyridine rings is 1. The molecule has 1 aromatic heterocycles. The van der Waals surface area contributed by atoms with Crippen LogP contribution in [-0.4, -0.2) is 22.0 Å². The quantitative estimate of drug-likeness (QED) is 0.886. The van der Waals surface area contributed by atoms with Gasteiger partial charge >= 0.3 is 5.97 Å². The average molecular weight is 260 g/mol. The van der Waals surface area contributed by atoms with Crippen molar-refractivity contribution in [3.63, 3.8) is 0 Å². The summed E-state index contributed by atoms with van der Waals surface area (Å²) in [5.74, 6) is -2.31. The third-order valence-corrected chi connectivity index (χ3v) is 2.37. The van der Waals surface area contributed by atoms with Crippen molar-refractivity contribution in [3.8, 4) is 0 Å². The molecule has 0 fully saturated rings. The first-order chi connectivity index (χ1) is 9.08. The zero-order chi connectivity index (χ0) is 13.8. The maximum absolute atomic E-state index is 12.7. The molecule has 96 valence electrons. The molecule has 0 aliphatic rings. The van der Waals surface area contributed by atoms with Gasteiger partial charge in [0.25, 0.3) is 5.91 Å². The zero-order valence-electron chi connectivity index (χ0n) is 9.63. The molecule has 0 spiro atoms. The molecular weight excluding hydrogens is 251 g/mol. The third kappa shape index (κ3) is 2.92. The van der Waals surface area contributed by atoms with Gasteiger partial charge in [-0.25, -0.2) is 14.2 Å². The lowest BCUT2D eigenvalue weighted by molar-refractivity contribution is 0.0698. The number of hydrogen-bond donors (Lipinski definition) is 2. The van der Waals surface area contributed by atoms with Gasteiger partial charge in [-0.2, -0.15) is 0 Å². The van der Waals surface area contributed by atoms with E-state index in [-0.39, 0.29) is 16.9 Å². The number of carboxylic acid groups (broad SMARTS) is 1. The van der Waals surface area contributed by atoms with Gasteiger partial charge in [-0.3, -0.25) is 4.79 Å². The number of benzene rings is 1. The van der Waals surface area contributed by atoms with E-state index < -0.39 is 17.7 Å². The van der Waals surface area contributed by atoms with Gasteiger partial charge in [-0.15, -0.1) is 0 Å². The number of nitrogens with one attached hydrogen (secondary N) is 1. The number of carbonyl (C=O) groups excluding carboxylic acids is 1. The number of carbonyl (C=O) groups is 2. The molecule has 1 heterocycles. The molecule has 1 amide bonds. The molecule has 0 unspecified atom stereocenters. The van der Waals surface area contributed by atoms with E-state index in [9.17, 15) is 14.0 Å². The summed E-state index contributed by atoms with van der Waals surface area (Å²) in [6.45, 7) is 0. The number of aromatic nitrogens is 1. The monoisotopic (exact) mass is 260 g/mol. The van der Waals surface area contributed by atoms with E-state index in [1.807, 2.05) is 0 Å². The zero-order valence-corrected chi connectivity index (χ0v) is 9.63. The number of carboxylic acids is 1. The van der Waals surface area contributed by atoms with Gasteiger partial charge in [0, 0.05) is 0 Å². The molecule has 0 aliphatic heterocycles. The smallest absolute Gasteiger partial charge is 0.337 e. The molecule has 2 N–H and O–H groups in total. The predicted octanol–water partition coefficient (Wildman–Crippen LogP) is 2.17. The van der Waals surface area contributed by atoms with Gasteiger partial charge in [0.1, 0.15) is 11.5 Å². The topological polar surface area (TPSA) is 79.3 Å². The molecule has 0 atom stereocenters. The number of rotatable bonds is 3. The fraction of sp³-hybridized carbons (Fsp3) is 0. The van der Waals surface area contributed by atoms with Crippen LogP contribution in [0.2, 0.25) is 0 Å². The van der Waals surface area contributed by atoms with Crippen molar-refractivity contribution in [2.24, 2.45) is 0 Å². The normalized spacial score (nSPS) is 9.95. The van der Waals surface area contributed by atoms with Crippen LogP contribution >= 0.6 is 0 Å². The van der Waals surface area contributed by atoms with E-state index in [2.05, 4.69) is 10.3 Å². The maximum Gasteiger partial charge on any atom is 0.337 e. The Morgan fingerprint density at radius 3 is 2.53 bits per heavy atom. The highest BCUT2D eigenvalue weighted by molar-refractivity contribution is 6.06. The molecule has 19 heavy (non-hydrogen) atoms. The van der Waals surface area contributed by atoms with Gasteiger partial charge in [0.2, 0.25) is 0 Å². The number of nitrogens with zero attached hydrogens (tertiary/aromatic N) is 1. The molecule has 0 radical (unpaired) electrons. The average Bonchev–Trinajstić information content (AvgIpc) is 2.39. The van der Waals surface area contributed by atoms with Gasteiger partial charge in [-0.1, -0.05) is 12.1 Å². The van der Waals surface area contributed by atoms with E-state index in [1.165, 1.54) is 18.2 Å². The first kappa shape index (κ1) is 12.7. The molecule has 5 nitrogen and oxygen atoms in total. The van der Waals surface area contributed by atoms with Crippen LogP contribution in [0.15, 0.2) is 42.6 Å². The van der Waals surface area contributed by atoms with Crippen LogP contribution in [0.3, 0.4) is 0 Å². The van der Waals surface area contributed by atoms with Crippen LogP contribution in [0.1, 0.15) is 20.8 Å².